The number of phenolic OH excluding ortho intramolecular Hbond substituents is 1. The molecule has 0 unspecified atom stereocenters. The number of hydrogen-bond donors (Lipinski definition) is 1. The predicted molar refractivity (Wildman–Crippen MR) is 176 cm³/mol. The number of aromatic hydroxyl groups is 1. The third-order valence-electron chi connectivity index (χ3n) is 11.0. The van der Waals surface area contributed by atoms with Crippen LogP contribution in [-0.2, 0) is 29.3 Å². The number of hydrogen-bond acceptors (Lipinski definition) is 7. The molecular weight excluding hydrogens is 606 g/mol. The van der Waals surface area contributed by atoms with E-state index in [-0.39, 0.29) is 35.7 Å². The number of rotatable bonds is 3. The number of ether oxygens (including phenoxy) is 1. The van der Waals surface area contributed by atoms with Gasteiger partial charge in [0, 0.05) is 23.0 Å². The Kier molecular flexibility index (Phi) is 6.80. The Balaban J connectivity index is 1.45. The molecule has 1 aliphatic heterocycles. The van der Waals surface area contributed by atoms with Gasteiger partial charge in [0.2, 0.25) is 11.8 Å². The maximum absolute atomic E-state index is 15.2. The molecule has 6 atom stereocenters. The van der Waals surface area contributed by atoms with Gasteiger partial charge in [-0.3, -0.25) is 19.2 Å². The molecule has 238 valence electrons. The number of Topliss-reactive ketones (excluding diaryl/α,β-unsaturated/α-hetero) is 1. The van der Waals surface area contributed by atoms with E-state index >= 15 is 9.59 Å². The minimum Gasteiger partial charge on any atom is -0.508 e. The Bertz CT molecular complexity index is 2120. The first-order valence-electron chi connectivity index (χ1n) is 16.1. The van der Waals surface area contributed by atoms with Crippen molar-refractivity contribution in [3.63, 3.8) is 0 Å². The monoisotopic (exact) mass is 637 g/mol. The maximum Gasteiger partial charge on any atom is 0.423 e. The molecule has 0 bridgehead atoms. The number of allylic oxidation sites excluding steroid dienone is 4. The SMILES string of the molecule is COC(=O)N1C(=O)[C@H]2[C@H](CC=C3[C@H]2C[C@H]2C(=O)C(c4ccccc4)=CC(=O)[C@@]2(c2ccccc2)[C@H]3c2c(O)ccc3ccccc23)C1=O. The second-order valence-electron chi connectivity index (χ2n) is 13.0. The normalized spacial score (nSPS) is 27.9. The number of methoxy groups -OCH3 is 1. The van der Waals surface area contributed by atoms with Gasteiger partial charge < -0.3 is 9.84 Å². The highest BCUT2D eigenvalue weighted by Gasteiger charge is 2.66. The molecule has 48 heavy (non-hydrogen) atoms. The van der Waals surface area contributed by atoms with E-state index in [9.17, 15) is 19.5 Å². The lowest BCUT2D eigenvalue weighted by molar-refractivity contribution is -0.138. The van der Waals surface area contributed by atoms with Gasteiger partial charge >= 0.3 is 6.09 Å². The molecule has 0 aromatic heterocycles. The number of carbonyl (C=O) groups is 5. The molecule has 0 radical (unpaired) electrons. The summed E-state index contributed by atoms with van der Waals surface area (Å²) in [6.07, 6.45) is 2.55. The zero-order chi connectivity index (χ0) is 33.3. The second-order valence-corrected chi connectivity index (χ2v) is 13.0. The second kappa shape index (κ2) is 11.0. The van der Waals surface area contributed by atoms with Crippen molar-refractivity contribution in [2.45, 2.75) is 24.2 Å². The zero-order valence-corrected chi connectivity index (χ0v) is 26.0. The van der Waals surface area contributed by atoms with Crippen LogP contribution in [0, 0.1) is 23.7 Å². The number of carbonyl (C=O) groups excluding carboxylic acids is 5. The zero-order valence-electron chi connectivity index (χ0n) is 26.0. The summed E-state index contributed by atoms with van der Waals surface area (Å²) in [5.41, 5.74) is 1.21. The van der Waals surface area contributed by atoms with E-state index in [1.807, 2.05) is 78.9 Å². The fourth-order valence-electron chi connectivity index (χ4n) is 9.05. The number of nitrogens with zero attached hydrogens (tertiary/aromatic N) is 1. The van der Waals surface area contributed by atoms with E-state index in [0.29, 0.717) is 32.5 Å². The summed E-state index contributed by atoms with van der Waals surface area (Å²) in [5, 5.41) is 13.3. The van der Waals surface area contributed by atoms with Crippen LogP contribution in [0.3, 0.4) is 0 Å². The van der Waals surface area contributed by atoms with Gasteiger partial charge in [0.15, 0.2) is 11.6 Å². The van der Waals surface area contributed by atoms with Crippen LogP contribution in [-0.4, -0.2) is 46.6 Å². The van der Waals surface area contributed by atoms with Crippen LogP contribution in [0.15, 0.2) is 115 Å². The lowest BCUT2D eigenvalue weighted by Crippen LogP contribution is -2.58. The molecule has 4 aliphatic rings. The number of likely N-dealkylation sites (tertiary alicyclic amines) is 1. The van der Waals surface area contributed by atoms with Crippen molar-refractivity contribution in [2.24, 2.45) is 23.7 Å². The van der Waals surface area contributed by atoms with Crippen LogP contribution >= 0.6 is 0 Å². The summed E-state index contributed by atoms with van der Waals surface area (Å²) >= 11 is 0. The number of imide groups is 3. The third-order valence-corrected chi connectivity index (χ3v) is 11.0. The van der Waals surface area contributed by atoms with Crippen molar-refractivity contribution in [3.8, 4) is 5.75 Å². The van der Waals surface area contributed by atoms with Crippen molar-refractivity contribution >= 4 is 45.8 Å². The highest BCUT2D eigenvalue weighted by Crippen LogP contribution is 2.65. The summed E-state index contributed by atoms with van der Waals surface area (Å²) in [4.78, 5) is 71.0. The van der Waals surface area contributed by atoms with Crippen LogP contribution in [0.5, 0.6) is 5.75 Å². The molecule has 8 heteroatoms. The smallest absolute Gasteiger partial charge is 0.423 e. The van der Waals surface area contributed by atoms with Crippen molar-refractivity contribution in [3.05, 3.63) is 131 Å². The molecular formula is C40H31NO7. The molecule has 3 aliphatic carbocycles. The van der Waals surface area contributed by atoms with Gasteiger partial charge in [-0.15, -0.1) is 0 Å². The molecule has 4 aromatic rings. The summed E-state index contributed by atoms with van der Waals surface area (Å²) in [7, 11) is 1.12. The van der Waals surface area contributed by atoms with Crippen molar-refractivity contribution < 1.29 is 33.8 Å². The standard InChI is InChI=1S/C40H31NO7/c1-48-39(47)41-37(45)27-18-17-26-29(33(27)38(41)46)20-30-36(44)28(22-10-4-2-5-11-22)21-32(43)40(30,24-13-6-3-7-14-24)35(26)34-25-15-9-8-12-23(25)16-19-31(34)42/h2-17,19,21,27,29-30,33,35,42H,18,20H2,1H3/t27-,29+,30-,33-,35+,40-/m0/s1. The Hall–Kier alpha value is -5.63. The van der Waals surface area contributed by atoms with Crippen LogP contribution in [0.2, 0.25) is 0 Å². The fourth-order valence-corrected chi connectivity index (χ4v) is 9.05. The molecule has 0 spiro atoms. The highest BCUT2D eigenvalue weighted by molar-refractivity contribution is 6.32. The van der Waals surface area contributed by atoms with Crippen LogP contribution in [0.25, 0.3) is 16.3 Å². The van der Waals surface area contributed by atoms with Gasteiger partial charge in [-0.05, 0) is 52.8 Å². The third kappa shape index (κ3) is 3.98. The minimum absolute atomic E-state index is 0.0421. The van der Waals surface area contributed by atoms with Gasteiger partial charge in [-0.2, -0.15) is 4.90 Å². The van der Waals surface area contributed by atoms with Gasteiger partial charge in [0.05, 0.1) is 24.4 Å². The highest BCUT2D eigenvalue weighted by atomic mass is 16.5. The van der Waals surface area contributed by atoms with E-state index in [1.165, 1.54) is 6.08 Å². The first-order chi connectivity index (χ1) is 23.3. The Morgan fingerprint density at radius 3 is 2.25 bits per heavy atom. The largest absolute Gasteiger partial charge is 0.508 e. The van der Waals surface area contributed by atoms with Crippen molar-refractivity contribution in [2.75, 3.05) is 7.11 Å². The van der Waals surface area contributed by atoms with Gasteiger partial charge in [-0.1, -0.05) is 103 Å². The molecule has 3 amide bonds. The van der Waals surface area contributed by atoms with Crippen LogP contribution in [0.1, 0.15) is 35.4 Å². The number of phenols is 1. The van der Waals surface area contributed by atoms with E-state index in [2.05, 4.69) is 0 Å². The van der Waals surface area contributed by atoms with Gasteiger partial charge in [0.1, 0.15) is 5.75 Å². The fraction of sp³-hybridized carbons (Fsp3) is 0.225. The molecule has 1 N–H and O–H groups in total. The Morgan fingerprint density at radius 2 is 1.52 bits per heavy atom. The van der Waals surface area contributed by atoms with E-state index in [1.54, 1.807) is 24.3 Å². The molecule has 4 aromatic carbocycles. The van der Waals surface area contributed by atoms with Crippen LogP contribution < -0.4 is 0 Å². The number of amides is 3. The average molecular weight is 638 g/mol. The van der Waals surface area contributed by atoms with E-state index in [4.69, 9.17) is 4.74 Å². The molecule has 8 rings (SSSR count). The Morgan fingerprint density at radius 1 is 0.833 bits per heavy atom. The topological polar surface area (TPSA) is 118 Å². The Labute approximate surface area is 276 Å². The lowest BCUT2D eigenvalue weighted by atomic mass is 9.44. The summed E-state index contributed by atoms with van der Waals surface area (Å²) in [5.74, 6) is -6.16. The number of ketones is 2. The molecule has 1 heterocycles. The maximum atomic E-state index is 15.2. The molecule has 2 fully saturated rings. The molecule has 8 nitrogen and oxygen atoms in total. The summed E-state index contributed by atoms with van der Waals surface area (Å²) in [6.45, 7) is 0. The van der Waals surface area contributed by atoms with Gasteiger partial charge in [-0.25, -0.2) is 4.79 Å². The summed E-state index contributed by atoms with van der Waals surface area (Å²) in [6, 6.07) is 29.2. The lowest BCUT2D eigenvalue weighted by Gasteiger charge is -2.55. The average Bonchev–Trinajstić information content (AvgIpc) is 3.38. The number of benzene rings is 4. The predicted octanol–water partition coefficient (Wildman–Crippen LogP) is 6.14. The van der Waals surface area contributed by atoms with E-state index < -0.39 is 52.9 Å². The number of fused-ring (bicyclic) bond motifs is 5. The minimum atomic E-state index is -1.49. The van der Waals surface area contributed by atoms with Gasteiger partial charge in [0.25, 0.3) is 0 Å². The van der Waals surface area contributed by atoms with E-state index in [0.717, 1.165) is 12.5 Å². The van der Waals surface area contributed by atoms with Crippen molar-refractivity contribution in [1.82, 2.24) is 4.90 Å². The quantitative estimate of drug-likeness (QED) is 0.212. The summed E-state index contributed by atoms with van der Waals surface area (Å²) < 4.78 is 4.81. The molecule has 1 saturated heterocycles. The van der Waals surface area contributed by atoms with Crippen molar-refractivity contribution in [1.29, 1.82) is 0 Å². The van der Waals surface area contributed by atoms with Crippen LogP contribution in [0.4, 0.5) is 4.79 Å². The first-order valence-corrected chi connectivity index (χ1v) is 16.1. The molecule has 1 saturated carbocycles. The first kappa shape index (κ1) is 29.8.